The second kappa shape index (κ2) is 6.37. The number of hydrogen-bond donors (Lipinski definition) is 2. The number of aliphatic hydroxyl groups is 1. The van der Waals surface area contributed by atoms with Crippen molar-refractivity contribution in [2.75, 3.05) is 13.1 Å². The highest BCUT2D eigenvalue weighted by atomic mass is 16.3. The number of amides is 2. The van der Waals surface area contributed by atoms with Gasteiger partial charge in [0, 0.05) is 25.4 Å². The topological polar surface area (TPSA) is 69.6 Å². The van der Waals surface area contributed by atoms with Crippen LogP contribution in [0.25, 0.3) is 0 Å². The van der Waals surface area contributed by atoms with E-state index in [9.17, 15) is 14.7 Å². The van der Waals surface area contributed by atoms with Gasteiger partial charge in [-0.05, 0) is 25.7 Å². The predicted octanol–water partition coefficient (Wildman–Crippen LogP) is 0.665. The van der Waals surface area contributed by atoms with Crippen LogP contribution in [0.5, 0.6) is 0 Å². The van der Waals surface area contributed by atoms with Gasteiger partial charge >= 0.3 is 0 Å². The van der Waals surface area contributed by atoms with Gasteiger partial charge in [-0.15, -0.1) is 0 Å². The van der Waals surface area contributed by atoms with Crippen molar-refractivity contribution in [1.82, 2.24) is 10.2 Å². The van der Waals surface area contributed by atoms with E-state index in [1.807, 2.05) is 4.90 Å². The Hall–Kier alpha value is -1.10. The number of hydrogen-bond acceptors (Lipinski definition) is 3. The quantitative estimate of drug-likeness (QED) is 0.790. The third-order valence-corrected chi connectivity index (χ3v) is 4.38. The first kappa shape index (κ1) is 14.3. The molecule has 2 amide bonds. The van der Waals surface area contributed by atoms with Crippen molar-refractivity contribution in [2.45, 2.75) is 57.6 Å². The first-order valence-electron chi connectivity index (χ1n) is 7.31. The van der Waals surface area contributed by atoms with Gasteiger partial charge in [0.2, 0.25) is 11.8 Å². The number of likely N-dealkylation sites (tertiary alicyclic amines) is 1. The fourth-order valence-corrected chi connectivity index (χ4v) is 3.44. The summed E-state index contributed by atoms with van der Waals surface area (Å²) in [6.07, 6.45) is 5.81. The Balaban J connectivity index is 1.95. The molecule has 0 bridgehead atoms. The van der Waals surface area contributed by atoms with Crippen LogP contribution in [0.4, 0.5) is 0 Å². The van der Waals surface area contributed by atoms with Gasteiger partial charge in [-0.2, -0.15) is 0 Å². The third kappa shape index (κ3) is 3.47. The van der Waals surface area contributed by atoms with Gasteiger partial charge in [0.05, 0.1) is 12.6 Å². The highest BCUT2D eigenvalue weighted by Crippen LogP contribution is 2.34. The molecule has 1 saturated heterocycles. The highest BCUT2D eigenvalue weighted by Gasteiger charge is 2.38. The van der Waals surface area contributed by atoms with Crippen molar-refractivity contribution >= 4 is 11.8 Å². The van der Waals surface area contributed by atoms with Crippen molar-refractivity contribution in [3.8, 4) is 0 Å². The van der Waals surface area contributed by atoms with E-state index >= 15 is 0 Å². The fraction of sp³-hybridized carbons (Fsp3) is 0.857. The van der Waals surface area contributed by atoms with Crippen molar-refractivity contribution in [3.05, 3.63) is 0 Å². The average Bonchev–Trinajstić information content (AvgIpc) is 2.85. The Labute approximate surface area is 114 Å². The first-order chi connectivity index (χ1) is 9.09. The van der Waals surface area contributed by atoms with Crippen LogP contribution in [0, 0.1) is 5.92 Å². The maximum absolute atomic E-state index is 12.1. The van der Waals surface area contributed by atoms with Crippen LogP contribution in [0.2, 0.25) is 0 Å². The third-order valence-electron chi connectivity index (χ3n) is 4.38. The van der Waals surface area contributed by atoms with Crippen molar-refractivity contribution in [3.63, 3.8) is 0 Å². The molecule has 2 fully saturated rings. The smallest absolute Gasteiger partial charge is 0.242 e. The lowest BCUT2D eigenvalue weighted by Gasteiger charge is -2.37. The van der Waals surface area contributed by atoms with E-state index in [-0.39, 0.29) is 36.4 Å². The van der Waals surface area contributed by atoms with Crippen LogP contribution in [-0.2, 0) is 9.59 Å². The van der Waals surface area contributed by atoms with E-state index in [1.165, 1.54) is 6.92 Å². The molecule has 5 heteroatoms. The second-order valence-electron chi connectivity index (χ2n) is 5.72. The monoisotopic (exact) mass is 268 g/mol. The molecule has 0 aromatic carbocycles. The van der Waals surface area contributed by atoms with Crippen LogP contribution >= 0.6 is 0 Å². The molecule has 0 spiro atoms. The Bertz CT molecular complexity index is 346. The summed E-state index contributed by atoms with van der Waals surface area (Å²) in [6, 6.07) is 0.163. The summed E-state index contributed by atoms with van der Waals surface area (Å²) in [5.74, 6) is 0.0230. The Kier molecular flexibility index (Phi) is 4.80. The largest absolute Gasteiger partial charge is 0.393 e. The molecule has 0 unspecified atom stereocenters. The van der Waals surface area contributed by atoms with Gasteiger partial charge in [-0.1, -0.05) is 12.8 Å². The van der Waals surface area contributed by atoms with Gasteiger partial charge in [-0.3, -0.25) is 9.59 Å². The van der Waals surface area contributed by atoms with Crippen LogP contribution in [0.3, 0.4) is 0 Å². The van der Waals surface area contributed by atoms with Crippen LogP contribution in [0.15, 0.2) is 0 Å². The summed E-state index contributed by atoms with van der Waals surface area (Å²) >= 11 is 0. The molecule has 1 heterocycles. The number of aliphatic hydroxyl groups excluding tert-OH is 1. The zero-order valence-electron chi connectivity index (χ0n) is 11.6. The maximum Gasteiger partial charge on any atom is 0.242 e. The minimum atomic E-state index is -0.270. The number of carbonyl (C=O) groups excluding carboxylic acids is 2. The number of rotatable bonds is 3. The van der Waals surface area contributed by atoms with Gasteiger partial charge in [0.1, 0.15) is 0 Å². The van der Waals surface area contributed by atoms with Gasteiger partial charge in [0.25, 0.3) is 0 Å². The molecule has 108 valence electrons. The van der Waals surface area contributed by atoms with E-state index in [2.05, 4.69) is 5.32 Å². The summed E-state index contributed by atoms with van der Waals surface area (Å²) in [6.45, 7) is 2.25. The molecule has 1 aliphatic heterocycles. The second-order valence-corrected chi connectivity index (χ2v) is 5.72. The van der Waals surface area contributed by atoms with E-state index in [0.29, 0.717) is 0 Å². The number of carbonyl (C=O) groups is 2. The lowest BCUT2D eigenvalue weighted by atomic mass is 9.80. The SMILES string of the molecule is CC(=O)NCC(=O)N1CCC[C@@H]1[C@@H]1CCCC[C@H]1O. The molecule has 0 aromatic rings. The molecular formula is C14H24N2O3. The van der Waals surface area contributed by atoms with Crippen LogP contribution in [0.1, 0.15) is 45.4 Å². The molecule has 0 aromatic heterocycles. The van der Waals surface area contributed by atoms with Crippen LogP contribution < -0.4 is 5.32 Å². The zero-order chi connectivity index (χ0) is 13.8. The molecule has 2 N–H and O–H groups in total. The summed E-state index contributed by atoms with van der Waals surface area (Å²) < 4.78 is 0. The molecule has 19 heavy (non-hydrogen) atoms. The van der Waals surface area contributed by atoms with E-state index < -0.39 is 0 Å². The maximum atomic E-state index is 12.1. The Morgan fingerprint density at radius 1 is 1.21 bits per heavy atom. The predicted molar refractivity (Wildman–Crippen MR) is 71.4 cm³/mol. The molecule has 3 atom stereocenters. The molecule has 5 nitrogen and oxygen atoms in total. The summed E-state index contributed by atoms with van der Waals surface area (Å²) in [4.78, 5) is 24.9. The average molecular weight is 268 g/mol. The fourth-order valence-electron chi connectivity index (χ4n) is 3.44. The summed E-state index contributed by atoms with van der Waals surface area (Å²) in [7, 11) is 0. The lowest BCUT2D eigenvalue weighted by Crippen LogP contribution is -2.48. The van der Waals surface area contributed by atoms with Gasteiger partial charge in [0.15, 0.2) is 0 Å². The highest BCUT2D eigenvalue weighted by molar-refractivity contribution is 5.84. The standard InChI is InChI=1S/C14H24N2O3/c1-10(17)15-9-14(19)16-8-4-6-12(16)11-5-2-3-7-13(11)18/h11-13,18H,2-9H2,1H3,(H,15,17)/t11-,12+,13+/m0/s1. The molecular weight excluding hydrogens is 244 g/mol. The molecule has 2 aliphatic rings. The Morgan fingerprint density at radius 3 is 2.63 bits per heavy atom. The van der Waals surface area contributed by atoms with Gasteiger partial charge in [-0.25, -0.2) is 0 Å². The summed E-state index contributed by atoms with van der Waals surface area (Å²) in [5.41, 5.74) is 0. The van der Waals surface area contributed by atoms with E-state index in [1.54, 1.807) is 0 Å². The minimum absolute atomic E-state index is 0.0181. The summed E-state index contributed by atoms with van der Waals surface area (Å²) in [5, 5.41) is 12.7. The normalized spacial score (nSPS) is 31.3. The molecule has 1 aliphatic carbocycles. The van der Waals surface area contributed by atoms with Crippen molar-refractivity contribution in [1.29, 1.82) is 0 Å². The van der Waals surface area contributed by atoms with Gasteiger partial charge < -0.3 is 15.3 Å². The molecule has 2 rings (SSSR count). The molecule has 0 radical (unpaired) electrons. The van der Waals surface area contributed by atoms with Crippen LogP contribution in [-0.4, -0.2) is 47.1 Å². The number of nitrogens with zero attached hydrogens (tertiary/aromatic N) is 1. The Morgan fingerprint density at radius 2 is 1.95 bits per heavy atom. The molecule has 1 saturated carbocycles. The first-order valence-corrected chi connectivity index (χ1v) is 7.31. The number of nitrogens with one attached hydrogen (secondary N) is 1. The lowest BCUT2D eigenvalue weighted by molar-refractivity contribution is -0.135. The zero-order valence-corrected chi connectivity index (χ0v) is 11.6. The minimum Gasteiger partial charge on any atom is -0.393 e. The van der Waals surface area contributed by atoms with Crippen molar-refractivity contribution < 1.29 is 14.7 Å². The van der Waals surface area contributed by atoms with E-state index in [4.69, 9.17) is 0 Å². The van der Waals surface area contributed by atoms with E-state index in [0.717, 1.165) is 45.1 Å². The van der Waals surface area contributed by atoms with Crippen molar-refractivity contribution in [2.24, 2.45) is 5.92 Å².